The van der Waals surface area contributed by atoms with Crippen molar-refractivity contribution < 1.29 is 19.0 Å². The lowest BCUT2D eigenvalue weighted by Gasteiger charge is -2.35. The number of aromatic nitrogens is 5. The minimum absolute atomic E-state index is 0.0975. The Bertz CT molecular complexity index is 1360. The molecular weight excluding hydrogens is 462 g/mol. The minimum Gasteiger partial charge on any atom is -0.494 e. The molecule has 36 heavy (non-hydrogen) atoms. The number of benzene rings is 2. The maximum absolute atomic E-state index is 13.2. The van der Waals surface area contributed by atoms with Crippen LogP contribution in [0.1, 0.15) is 17.3 Å². The molecule has 0 radical (unpaired) electrons. The van der Waals surface area contributed by atoms with Gasteiger partial charge in [0.05, 0.1) is 32.1 Å². The number of hydrogen-bond donors (Lipinski definition) is 0. The molecule has 0 spiro atoms. The molecule has 2 aromatic carbocycles. The summed E-state index contributed by atoms with van der Waals surface area (Å²) in [6.45, 7) is 4.80. The van der Waals surface area contributed by atoms with Gasteiger partial charge in [0.1, 0.15) is 12.1 Å². The molecule has 0 unspecified atom stereocenters. The molecule has 1 aliphatic rings. The summed E-state index contributed by atoms with van der Waals surface area (Å²) in [4.78, 5) is 26.1. The van der Waals surface area contributed by atoms with Crippen LogP contribution in [-0.2, 0) is 0 Å². The van der Waals surface area contributed by atoms with Crippen molar-refractivity contribution in [2.75, 3.05) is 51.9 Å². The molecule has 0 saturated carbocycles. The molecule has 2 aromatic heterocycles. The van der Waals surface area contributed by atoms with Gasteiger partial charge in [-0.25, -0.2) is 9.97 Å². The number of methoxy groups -OCH3 is 2. The van der Waals surface area contributed by atoms with E-state index in [4.69, 9.17) is 14.2 Å². The fourth-order valence-electron chi connectivity index (χ4n) is 4.34. The average Bonchev–Trinajstić information content (AvgIpc) is 3.37. The van der Waals surface area contributed by atoms with Crippen molar-refractivity contribution in [3.8, 4) is 22.9 Å². The van der Waals surface area contributed by atoms with E-state index < -0.39 is 0 Å². The highest BCUT2D eigenvalue weighted by molar-refractivity contribution is 5.98. The molecule has 3 heterocycles. The third-order valence-electron chi connectivity index (χ3n) is 6.11. The Morgan fingerprint density at radius 2 is 1.75 bits per heavy atom. The van der Waals surface area contributed by atoms with Gasteiger partial charge in [0, 0.05) is 26.2 Å². The SMILES string of the molecule is CCOc1ccc(-n2nnc3c(N4CCN(C(=O)c5cccc(OC)c5OC)CC4)ncnc32)cc1. The molecule has 0 N–H and O–H groups in total. The predicted octanol–water partition coefficient (Wildman–Crippen LogP) is 2.59. The number of ether oxygens (including phenoxy) is 3. The largest absolute Gasteiger partial charge is 0.494 e. The van der Waals surface area contributed by atoms with Gasteiger partial charge in [-0.2, -0.15) is 4.68 Å². The van der Waals surface area contributed by atoms with Gasteiger partial charge >= 0.3 is 0 Å². The molecule has 0 atom stereocenters. The number of rotatable bonds is 7. The quantitative estimate of drug-likeness (QED) is 0.387. The molecule has 11 heteroatoms. The van der Waals surface area contributed by atoms with E-state index in [-0.39, 0.29) is 5.91 Å². The molecule has 1 aliphatic heterocycles. The number of carbonyl (C=O) groups excluding carboxylic acids is 1. The topological polar surface area (TPSA) is 108 Å². The van der Waals surface area contributed by atoms with Crippen LogP contribution < -0.4 is 19.1 Å². The maximum Gasteiger partial charge on any atom is 0.257 e. The number of hydrogen-bond acceptors (Lipinski definition) is 9. The van der Waals surface area contributed by atoms with Crippen molar-refractivity contribution in [1.82, 2.24) is 29.9 Å². The van der Waals surface area contributed by atoms with Crippen LogP contribution in [0.4, 0.5) is 5.82 Å². The zero-order chi connectivity index (χ0) is 25.1. The minimum atomic E-state index is -0.0975. The average molecular weight is 490 g/mol. The standard InChI is InChI=1S/C25H27N7O4/c1-4-36-18-10-8-17(9-11-18)32-24-21(28-29-32)23(26-16-27-24)30-12-14-31(15-13-30)25(33)19-6-5-7-20(34-2)22(19)35-3/h5-11,16H,4,12-15H2,1-3H3. The zero-order valence-electron chi connectivity index (χ0n) is 20.4. The second-order valence-electron chi connectivity index (χ2n) is 8.12. The lowest BCUT2D eigenvalue weighted by Crippen LogP contribution is -2.49. The van der Waals surface area contributed by atoms with Crippen molar-refractivity contribution in [2.45, 2.75) is 6.92 Å². The van der Waals surface area contributed by atoms with E-state index in [2.05, 4.69) is 25.2 Å². The van der Waals surface area contributed by atoms with Crippen LogP contribution in [0.5, 0.6) is 17.2 Å². The molecule has 1 saturated heterocycles. The molecule has 4 aromatic rings. The highest BCUT2D eigenvalue weighted by Gasteiger charge is 2.27. The first-order chi connectivity index (χ1) is 17.6. The highest BCUT2D eigenvalue weighted by atomic mass is 16.5. The molecule has 0 aliphatic carbocycles. The first kappa shape index (κ1) is 23.3. The number of piperazine rings is 1. The zero-order valence-corrected chi connectivity index (χ0v) is 20.4. The van der Waals surface area contributed by atoms with Crippen LogP contribution >= 0.6 is 0 Å². The van der Waals surface area contributed by atoms with Crippen molar-refractivity contribution in [1.29, 1.82) is 0 Å². The summed E-state index contributed by atoms with van der Waals surface area (Å²) in [6.07, 6.45) is 1.52. The summed E-state index contributed by atoms with van der Waals surface area (Å²) < 4.78 is 18.0. The van der Waals surface area contributed by atoms with Gasteiger partial charge in [0.2, 0.25) is 0 Å². The van der Waals surface area contributed by atoms with E-state index in [0.717, 1.165) is 11.4 Å². The Morgan fingerprint density at radius 3 is 2.44 bits per heavy atom. The van der Waals surface area contributed by atoms with E-state index in [9.17, 15) is 4.79 Å². The Kier molecular flexibility index (Phi) is 6.52. The van der Waals surface area contributed by atoms with Gasteiger partial charge in [-0.15, -0.1) is 5.10 Å². The van der Waals surface area contributed by atoms with E-state index in [1.54, 1.807) is 30.0 Å². The number of carbonyl (C=O) groups is 1. The fraction of sp³-hybridized carbons (Fsp3) is 0.320. The first-order valence-corrected chi connectivity index (χ1v) is 11.7. The second-order valence-corrected chi connectivity index (χ2v) is 8.12. The van der Waals surface area contributed by atoms with E-state index in [1.807, 2.05) is 36.1 Å². The van der Waals surface area contributed by atoms with Crippen molar-refractivity contribution in [3.63, 3.8) is 0 Å². The van der Waals surface area contributed by atoms with E-state index in [1.165, 1.54) is 13.4 Å². The molecule has 0 bridgehead atoms. The van der Waals surface area contributed by atoms with Gasteiger partial charge in [-0.1, -0.05) is 11.3 Å². The van der Waals surface area contributed by atoms with Crippen molar-refractivity contribution >= 4 is 22.9 Å². The van der Waals surface area contributed by atoms with Gasteiger partial charge in [0.15, 0.2) is 28.5 Å². The van der Waals surface area contributed by atoms with Crippen LogP contribution in [-0.4, -0.2) is 82.8 Å². The Morgan fingerprint density at radius 1 is 0.972 bits per heavy atom. The summed E-state index contributed by atoms with van der Waals surface area (Å²) in [5.41, 5.74) is 2.53. The van der Waals surface area contributed by atoms with Crippen LogP contribution in [0.25, 0.3) is 16.9 Å². The predicted molar refractivity (Wildman–Crippen MR) is 133 cm³/mol. The summed E-state index contributed by atoms with van der Waals surface area (Å²) >= 11 is 0. The Balaban J connectivity index is 1.34. The second kappa shape index (κ2) is 10.1. The summed E-state index contributed by atoms with van der Waals surface area (Å²) in [5, 5.41) is 8.70. The number of anilines is 1. The van der Waals surface area contributed by atoms with E-state index >= 15 is 0 Å². The number of amides is 1. The third kappa shape index (κ3) is 4.23. The summed E-state index contributed by atoms with van der Waals surface area (Å²) in [6, 6.07) is 12.9. The maximum atomic E-state index is 13.2. The summed E-state index contributed by atoms with van der Waals surface area (Å²) in [7, 11) is 3.09. The van der Waals surface area contributed by atoms with Crippen LogP contribution in [0.15, 0.2) is 48.8 Å². The number of nitrogens with zero attached hydrogens (tertiary/aromatic N) is 7. The molecule has 5 rings (SSSR count). The lowest BCUT2D eigenvalue weighted by atomic mass is 10.1. The molecule has 11 nitrogen and oxygen atoms in total. The Hall–Kier alpha value is -4.41. The highest BCUT2D eigenvalue weighted by Crippen LogP contribution is 2.32. The molecule has 186 valence electrons. The van der Waals surface area contributed by atoms with Gasteiger partial charge < -0.3 is 24.0 Å². The fourth-order valence-corrected chi connectivity index (χ4v) is 4.34. The van der Waals surface area contributed by atoms with Crippen molar-refractivity contribution in [3.05, 3.63) is 54.4 Å². The Labute approximate surface area is 208 Å². The first-order valence-electron chi connectivity index (χ1n) is 11.7. The smallest absolute Gasteiger partial charge is 0.257 e. The van der Waals surface area contributed by atoms with E-state index in [0.29, 0.717) is 66.8 Å². The lowest BCUT2D eigenvalue weighted by molar-refractivity contribution is 0.0742. The molecule has 1 fully saturated rings. The van der Waals surface area contributed by atoms with Gasteiger partial charge in [-0.3, -0.25) is 4.79 Å². The van der Waals surface area contributed by atoms with Crippen LogP contribution in [0.3, 0.4) is 0 Å². The number of fused-ring (bicyclic) bond motifs is 1. The van der Waals surface area contributed by atoms with Crippen molar-refractivity contribution in [2.24, 2.45) is 0 Å². The van der Waals surface area contributed by atoms with Gasteiger partial charge in [0.25, 0.3) is 5.91 Å². The molecular formula is C25H27N7O4. The monoisotopic (exact) mass is 489 g/mol. The summed E-state index contributed by atoms with van der Waals surface area (Å²) in [5.74, 6) is 2.36. The van der Waals surface area contributed by atoms with Crippen LogP contribution in [0, 0.1) is 0 Å². The molecule has 1 amide bonds. The third-order valence-corrected chi connectivity index (χ3v) is 6.11. The van der Waals surface area contributed by atoms with Crippen LogP contribution in [0.2, 0.25) is 0 Å². The normalized spacial score (nSPS) is 13.6. The number of para-hydroxylation sites is 1. The van der Waals surface area contributed by atoms with Gasteiger partial charge in [-0.05, 0) is 43.3 Å².